The van der Waals surface area contributed by atoms with Gasteiger partial charge < -0.3 is 20.5 Å². The van der Waals surface area contributed by atoms with Crippen LogP contribution in [0.4, 0.5) is 4.79 Å². The summed E-state index contributed by atoms with van der Waals surface area (Å²) in [6, 6.07) is 8.09. The number of likely N-dealkylation sites (tertiary alicyclic amines) is 1. The largest absolute Gasteiger partial charge is 0.496 e. The van der Waals surface area contributed by atoms with Crippen LogP contribution in [-0.2, 0) is 4.74 Å². The van der Waals surface area contributed by atoms with Gasteiger partial charge in [0.15, 0.2) is 0 Å². The molecule has 6 nitrogen and oxygen atoms in total. The van der Waals surface area contributed by atoms with Crippen LogP contribution in [0.2, 0.25) is 0 Å². The van der Waals surface area contributed by atoms with E-state index in [1.54, 1.807) is 7.11 Å². The second kappa shape index (κ2) is 7.85. The van der Waals surface area contributed by atoms with Crippen molar-refractivity contribution in [3.63, 3.8) is 0 Å². The minimum absolute atomic E-state index is 0.0728. The van der Waals surface area contributed by atoms with Gasteiger partial charge in [0.1, 0.15) is 11.4 Å². The number of rotatable bonds is 5. The molecule has 6 heteroatoms. The first kappa shape index (κ1) is 18.5. The molecule has 1 fully saturated rings. The van der Waals surface area contributed by atoms with E-state index in [2.05, 4.69) is 10.2 Å². The summed E-state index contributed by atoms with van der Waals surface area (Å²) in [7, 11) is 1.67. The summed E-state index contributed by atoms with van der Waals surface area (Å²) in [5.41, 5.74) is 6.63. The van der Waals surface area contributed by atoms with Gasteiger partial charge in [-0.25, -0.2) is 4.79 Å². The molecular formula is C18H29N3O3. The number of ether oxygens (including phenoxy) is 2. The number of carbonyl (C=O) groups is 1. The fourth-order valence-corrected chi connectivity index (χ4v) is 3.08. The SMILES string of the molecule is COc1ccccc1[C@H](CN)N1CC[C@@H](NC(=O)OC(C)(C)C)C1. The zero-order valence-electron chi connectivity index (χ0n) is 15.0. The van der Waals surface area contributed by atoms with Crippen molar-refractivity contribution < 1.29 is 14.3 Å². The number of benzene rings is 1. The highest BCUT2D eigenvalue weighted by atomic mass is 16.6. The second-order valence-corrected chi connectivity index (χ2v) is 7.12. The van der Waals surface area contributed by atoms with Crippen LogP contribution in [0.3, 0.4) is 0 Å². The van der Waals surface area contributed by atoms with Crippen molar-refractivity contribution >= 4 is 6.09 Å². The molecule has 1 aliphatic heterocycles. The Morgan fingerprint density at radius 1 is 1.42 bits per heavy atom. The summed E-state index contributed by atoms with van der Waals surface area (Å²) in [5, 5.41) is 2.95. The lowest BCUT2D eigenvalue weighted by Gasteiger charge is -2.28. The van der Waals surface area contributed by atoms with E-state index in [-0.39, 0.29) is 18.2 Å². The molecule has 0 unspecified atom stereocenters. The lowest BCUT2D eigenvalue weighted by Crippen LogP contribution is -2.41. The average molecular weight is 335 g/mol. The van der Waals surface area contributed by atoms with E-state index in [0.717, 1.165) is 30.8 Å². The zero-order chi connectivity index (χ0) is 17.7. The molecule has 1 saturated heterocycles. The van der Waals surface area contributed by atoms with E-state index in [1.807, 2.05) is 45.0 Å². The van der Waals surface area contributed by atoms with Gasteiger partial charge in [-0.2, -0.15) is 0 Å². The smallest absolute Gasteiger partial charge is 0.407 e. The molecule has 0 bridgehead atoms. The van der Waals surface area contributed by atoms with Crippen LogP contribution in [0, 0.1) is 0 Å². The second-order valence-electron chi connectivity index (χ2n) is 7.12. The molecule has 1 heterocycles. The quantitative estimate of drug-likeness (QED) is 0.863. The molecular weight excluding hydrogens is 306 g/mol. The molecule has 1 aliphatic rings. The molecule has 134 valence electrons. The molecule has 1 aromatic carbocycles. The molecule has 0 aromatic heterocycles. The molecule has 3 N–H and O–H groups in total. The number of methoxy groups -OCH3 is 1. The number of hydrogen-bond donors (Lipinski definition) is 2. The zero-order valence-corrected chi connectivity index (χ0v) is 15.0. The van der Waals surface area contributed by atoms with Crippen molar-refractivity contribution in [1.82, 2.24) is 10.2 Å². The minimum Gasteiger partial charge on any atom is -0.496 e. The van der Waals surface area contributed by atoms with E-state index in [4.69, 9.17) is 15.2 Å². The Morgan fingerprint density at radius 3 is 2.75 bits per heavy atom. The van der Waals surface area contributed by atoms with Gasteiger partial charge in [-0.3, -0.25) is 4.90 Å². The average Bonchev–Trinajstić information content (AvgIpc) is 2.94. The topological polar surface area (TPSA) is 76.8 Å². The first-order valence-corrected chi connectivity index (χ1v) is 8.40. The van der Waals surface area contributed by atoms with Crippen molar-refractivity contribution in [2.75, 3.05) is 26.7 Å². The Kier molecular flexibility index (Phi) is 6.07. The number of carbonyl (C=O) groups excluding carboxylic acids is 1. The minimum atomic E-state index is -0.487. The number of nitrogens with one attached hydrogen (secondary N) is 1. The maximum Gasteiger partial charge on any atom is 0.407 e. The van der Waals surface area contributed by atoms with Crippen LogP contribution in [0.15, 0.2) is 24.3 Å². The summed E-state index contributed by atoms with van der Waals surface area (Å²) in [6.07, 6.45) is 0.515. The summed E-state index contributed by atoms with van der Waals surface area (Å²) in [4.78, 5) is 14.2. The first-order chi connectivity index (χ1) is 11.3. The highest BCUT2D eigenvalue weighted by Crippen LogP contribution is 2.31. The van der Waals surface area contributed by atoms with Gasteiger partial charge in [-0.05, 0) is 33.3 Å². The molecule has 24 heavy (non-hydrogen) atoms. The van der Waals surface area contributed by atoms with Gasteiger partial charge in [-0.1, -0.05) is 18.2 Å². The monoisotopic (exact) mass is 335 g/mol. The molecule has 0 aliphatic carbocycles. The predicted octanol–water partition coefficient (Wildman–Crippen LogP) is 2.29. The van der Waals surface area contributed by atoms with Crippen molar-refractivity contribution in [2.24, 2.45) is 5.73 Å². The molecule has 0 saturated carbocycles. The Morgan fingerprint density at radius 2 is 2.12 bits per heavy atom. The predicted molar refractivity (Wildman–Crippen MR) is 94.1 cm³/mol. The van der Waals surface area contributed by atoms with Crippen molar-refractivity contribution in [3.8, 4) is 5.75 Å². The highest BCUT2D eigenvalue weighted by molar-refractivity contribution is 5.68. The maximum atomic E-state index is 11.9. The van der Waals surface area contributed by atoms with Crippen LogP contribution < -0.4 is 15.8 Å². The molecule has 2 atom stereocenters. The Balaban J connectivity index is 1.99. The fraction of sp³-hybridized carbons (Fsp3) is 0.611. The number of nitrogens with two attached hydrogens (primary N) is 1. The van der Waals surface area contributed by atoms with Crippen LogP contribution in [-0.4, -0.2) is 49.4 Å². The van der Waals surface area contributed by atoms with E-state index in [1.165, 1.54) is 0 Å². The van der Waals surface area contributed by atoms with Gasteiger partial charge in [0, 0.05) is 31.2 Å². The highest BCUT2D eigenvalue weighted by Gasteiger charge is 2.31. The molecule has 0 radical (unpaired) electrons. The van der Waals surface area contributed by atoms with Crippen LogP contribution in [0.1, 0.15) is 38.8 Å². The summed E-state index contributed by atoms with van der Waals surface area (Å²) < 4.78 is 10.8. The standard InChI is InChI=1S/C18H29N3O3/c1-18(2,3)24-17(22)20-13-9-10-21(12-13)15(11-19)14-7-5-6-8-16(14)23-4/h5-8,13,15H,9-12,19H2,1-4H3,(H,20,22)/t13-,15+/m1/s1. The first-order valence-electron chi connectivity index (χ1n) is 8.40. The van der Waals surface area contributed by atoms with Crippen LogP contribution in [0.25, 0.3) is 0 Å². The summed E-state index contributed by atoms with van der Waals surface area (Å²) in [6.45, 7) is 7.71. The van der Waals surface area contributed by atoms with Crippen molar-refractivity contribution in [3.05, 3.63) is 29.8 Å². The van der Waals surface area contributed by atoms with Gasteiger partial charge in [0.2, 0.25) is 0 Å². The van der Waals surface area contributed by atoms with Crippen molar-refractivity contribution in [1.29, 1.82) is 0 Å². The number of amides is 1. The van der Waals surface area contributed by atoms with E-state index >= 15 is 0 Å². The maximum absolute atomic E-state index is 11.9. The normalized spacial score (nSPS) is 19.8. The van der Waals surface area contributed by atoms with Gasteiger partial charge in [-0.15, -0.1) is 0 Å². The molecule has 0 spiro atoms. The summed E-state index contributed by atoms with van der Waals surface area (Å²) >= 11 is 0. The Hall–Kier alpha value is -1.79. The Labute approximate surface area is 144 Å². The third-order valence-corrected chi connectivity index (χ3v) is 4.10. The lowest BCUT2D eigenvalue weighted by atomic mass is 10.0. The Bertz CT molecular complexity index is 557. The number of nitrogens with zero attached hydrogens (tertiary/aromatic N) is 1. The van der Waals surface area contributed by atoms with Gasteiger partial charge >= 0.3 is 6.09 Å². The van der Waals surface area contributed by atoms with Gasteiger partial charge in [0.05, 0.1) is 13.2 Å². The number of para-hydroxylation sites is 1. The molecule has 2 rings (SSSR count). The molecule has 1 aromatic rings. The van der Waals surface area contributed by atoms with Crippen LogP contribution in [0.5, 0.6) is 5.75 Å². The van der Waals surface area contributed by atoms with E-state index in [0.29, 0.717) is 6.54 Å². The number of alkyl carbamates (subject to hydrolysis) is 1. The van der Waals surface area contributed by atoms with E-state index < -0.39 is 5.60 Å². The molecule has 1 amide bonds. The third-order valence-electron chi connectivity index (χ3n) is 4.10. The fourth-order valence-electron chi connectivity index (χ4n) is 3.08. The summed E-state index contributed by atoms with van der Waals surface area (Å²) in [5.74, 6) is 0.844. The van der Waals surface area contributed by atoms with Gasteiger partial charge in [0.25, 0.3) is 0 Å². The van der Waals surface area contributed by atoms with E-state index in [9.17, 15) is 4.79 Å². The van der Waals surface area contributed by atoms with Crippen molar-refractivity contribution in [2.45, 2.75) is 44.9 Å². The lowest BCUT2D eigenvalue weighted by molar-refractivity contribution is 0.0504. The third kappa shape index (κ3) is 4.85. The van der Waals surface area contributed by atoms with Crippen LogP contribution >= 0.6 is 0 Å². The number of hydrogen-bond acceptors (Lipinski definition) is 5.